The maximum absolute atomic E-state index is 10.6. The molecular weight excluding hydrogens is 336 g/mol. The highest BCUT2D eigenvalue weighted by Gasteiger charge is 2.15. The number of nitrogens with zero attached hydrogens (tertiary/aromatic N) is 1. The Kier molecular flexibility index (Phi) is 5.07. The minimum atomic E-state index is -0.918. The van der Waals surface area contributed by atoms with Gasteiger partial charge in [-0.3, -0.25) is 4.79 Å². The highest BCUT2D eigenvalue weighted by atomic mass is 16.5. The molecule has 0 aliphatic heterocycles. The van der Waals surface area contributed by atoms with Gasteiger partial charge in [0.25, 0.3) is 0 Å². The van der Waals surface area contributed by atoms with Gasteiger partial charge in [0.05, 0.1) is 14.2 Å². The number of carboxylic acids is 1. The van der Waals surface area contributed by atoms with Crippen LogP contribution in [0.15, 0.2) is 53.3 Å². The number of aliphatic carboxylic acids is 1. The first-order chi connectivity index (χ1) is 12.6. The Bertz CT molecular complexity index is 880. The molecule has 2 N–H and O–H groups in total. The Balaban J connectivity index is 1.93. The predicted molar refractivity (Wildman–Crippen MR) is 96.6 cm³/mol. The second-order valence-electron chi connectivity index (χ2n) is 5.46. The molecule has 0 amide bonds. The lowest BCUT2D eigenvalue weighted by Crippen LogP contribution is -2.11. The molecule has 0 saturated heterocycles. The molecule has 3 rings (SSSR count). The van der Waals surface area contributed by atoms with Crippen molar-refractivity contribution in [1.82, 2.24) is 4.98 Å². The van der Waals surface area contributed by atoms with Gasteiger partial charge in [0.15, 0.2) is 12.2 Å². The molecule has 26 heavy (non-hydrogen) atoms. The molecule has 0 fully saturated rings. The first-order valence-corrected chi connectivity index (χ1v) is 7.83. The van der Waals surface area contributed by atoms with E-state index in [9.17, 15) is 4.79 Å². The van der Waals surface area contributed by atoms with Crippen molar-refractivity contribution < 1.29 is 23.8 Å². The summed E-state index contributed by atoms with van der Waals surface area (Å²) in [5, 5.41) is 11.5. The maximum Gasteiger partial charge on any atom is 0.322 e. The largest absolute Gasteiger partial charge is 0.497 e. The summed E-state index contributed by atoms with van der Waals surface area (Å²) in [6.45, 7) is -0.142. The van der Waals surface area contributed by atoms with Gasteiger partial charge < -0.3 is 24.3 Å². The summed E-state index contributed by atoms with van der Waals surface area (Å²) in [6.07, 6.45) is 1.38. The number of carboxylic acid groups (broad SMARTS) is 1. The molecule has 0 spiro atoms. The molecular formula is C19H18N2O5. The van der Waals surface area contributed by atoms with E-state index in [0.29, 0.717) is 28.6 Å². The molecule has 2 aromatic carbocycles. The molecule has 0 bridgehead atoms. The molecule has 0 aliphatic carbocycles. The minimum absolute atomic E-state index is 0.142. The molecule has 0 unspecified atom stereocenters. The van der Waals surface area contributed by atoms with E-state index in [4.69, 9.17) is 19.0 Å². The van der Waals surface area contributed by atoms with Gasteiger partial charge >= 0.3 is 5.97 Å². The van der Waals surface area contributed by atoms with Crippen LogP contribution in [0.4, 0.5) is 5.69 Å². The van der Waals surface area contributed by atoms with Gasteiger partial charge in [-0.2, -0.15) is 0 Å². The first kappa shape index (κ1) is 17.3. The van der Waals surface area contributed by atoms with Crippen molar-refractivity contribution in [2.24, 2.45) is 0 Å². The van der Waals surface area contributed by atoms with Crippen LogP contribution in [0, 0.1) is 0 Å². The molecule has 0 atom stereocenters. The van der Waals surface area contributed by atoms with Gasteiger partial charge in [0.1, 0.15) is 23.7 Å². The number of anilines is 1. The zero-order valence-electron chi connectivity index (χ0n) is 14.4. The monoisotopic (exact) mass is 354 g/mol. The van der Waals surface area contributed by atoms with E-state index < -0.39 is 5.97 Å². The third-order valence-electron chi connectivity index (χ3n) is 3.78. The number of rotatable bonds is 7. The van der Waals surface area contributed by atoms with E-state index in [-0.39, 0.29) is 6.54 Å². The number of nitrogens with one attached hydrogen (secondary N) is 1. The molecule has 134 valence electrons. The van der Waals surface area contributed by atoms with Crippen molar-refractivity contribution in [3.05, 3.63) is 48.9 Å². The van der Waals surface area contributed by atoms with Gasteiger partial charge in [-0.1, -0.05) is 0 Å². The van der Waals surface area contributed by atoms with E-state index in [0.717, 1.165) is 11.1 Å². The number of methoxy groups -OCH3 is 2. The first-order valence-electron chi connectivity index (χ1n) is 7.83. The van der Waals surface area contributed by atoms with Crippen LogP contribution in [0.2, 0.25) is 0 Å². The van der Waals surface area contributed by atoms with Crippen LogP contribution in [0.1, 0.15) is 0 Å². The summed E-state index contributed by atoms with van der Waals surface area (Å²) in [4.78, 5) is 15.0. The Hall–Kier alpha value is -3.48. The topological polar surface area (TPSA) is 93.8 Å². The maximum atomic E-state index is 10.6. The fraction of sp³-hybridized carbons (Fsp3) is 0.158. The zero-order chi connectivity index (χ0) is 18.5. The molecule has 0 radical (unpaired) electrons. The van der Waals surface area contributed by atoms with E-state index in [2.05, 4.69) is 10.3 Å². The Morgan fingerprint density at radius 3 is 2.31 bits per heavy atom. The van der Waals surface area contributed by atoms with Gasteiger partial charge in [-0.15, -0.1) is 0 Å². The molecule has 3 aromatic rings. The number of benzene rings is 2. The third kappa shape index (κ3) is 3.77. The number of oxazole rings is 1. The number of hydrogen-bond acceptors (Lipinski definition) is 6. The Morgan fingerprint density at radius 1 is 1.08 bits per heavy atom. The minimum Gasteiger partial charge on any atom is -0.497 e. The second kappa shape index (κ2) is 7.60. The lowest BCUT2D eigenvalue weighted by molar-refractivity contribution is -0.134. The average Bonchev–Trinajstić information content (AvgIpc) is 3.16. The lowest BCUT2D eigenvalue weighted by atomic mass is 10.0. The van der Waals surface area contributed by atoms with E-state index in [1.54, 1.807) is 32.4 Å². The van der Waals surface area contributed by atoms with Crippen molar-refractivity contribution in [2.45, 2.75) is 0 Å². The number of hydrogen-bond donors (Lipinski definition) is 2. The molecule has 0 saturated carbocycles. The quantitative estimate of drug-likeness (QED) is 0.670. The summed E-state index contributed by atoms with van der Waals surface area (Å²) in [5.41, 5.74) is 2.99. The zero-order valence-corrected chi connectivity index (χ0v) is 14.4. The van der Waals surface area contributed by atoms with Gasteiger partial charge in [0, 0.05) is 22.9 Å². The normalized spacial score (nSPS) is 10.4. The van der Waals surface area contributed by atoms with Crippen molar-refractivity contribution in [2.75, 3.05) is 26.1 Å². The van der Waals surface area contributed by atoms with Gasteiger partial charge in [-0.25, -0.2) is 4.98 Å². The van der Waals surface area contributed by atoms with Crippen LogP contribution in [0.25, 0.3) is 22.6 Å². The van der Waals surface area contributed by atoms with Crippen LogP contribution < -0.4 is 14.8 Å². The van der Waals surface area contributed by atoms with Crippen molar-refractivity contribution in [3.63, 3.8) is 0 Å². The fourth-order valence-electron chi connectivity index (χ4n) is 2.52. The summed E-state index contributed by atoms with van der Waals surface area (Å²) in [7, 11) is 3.18. The predicted octanol–water partition coefficient (Wildman–Crippen LogP) is 3.52. The van der Waals surface area contributed by atoms with Crippen LogP contribution in [0.5, 0.6) is 11.5 Å². The molecule has 1 heterocycles. The Morgan fingerprint density at radius 2 is 1.73 bits per heavy atom. The van der Waals surface area contributed by atoms with Crippen molar-refractivity contribution >= 4 is 11.7 Å². The highest BCUT2D eigenvalue weighted by Crippen LogP contribution is 2.35. The smallest absolute Gasteiger partial charge is 0.322 e. The molecule has 7 heteroatoms. The number of carbonyl (C=O) groups is 1. The standard InChI is InChI=1S/C19H18N2O5/c1-24-15-7-13(8-16(9-15)25-2)18-19(26-11-21-18)12-3-5-14(6-4-12)20-10-17(22)23/h3-9,11,20H,10H2,1-2H3,(H,22,23). The third-order valence-corrected chi connectivity index (χ3v) is 3.78. The van der Waals surface area contributed by atoms with Gasteiger partial charge in [0.2, 0.25) is 0 Å². The lowest BCUT2D eigenvalue weighted by Gasteiger charge is -2.08. The van der Waals surface area contributed by atoms with Crippen LogP contribution in [0.3, 0.4) is 0 Å². The van der Waals surface area contributed by atoms with Crippen LogP contribution in [-0.4, -0.2) is 36.8 Å². The summed E-state index contributed by atoms with van der Waals surface area (Å²) in [6, 6.07) is 12.7. The molecule has 7 nitrogen and oxygen atoms in total. The molecule has 1 aromatic heterocycles. The van der Waals surface area contributed by atoms with Crippen molar-refractivity contribution in [3.8, 4) is 34.1 Å². The number of aromatic nitrogens is 1. The summed E-state index contributed by atoms with van der Waals surface area (Å²) < 4.78 is 16.2. The van der Waals surface area contributed by atoms with Crippen LogP contribution >= 0.6 is 0 Å². The Labute approximate surface area is 150 Å². The number of ether oxygens (including phenoxy) is 2. The van der Waals surface area contributed by atoms with E-state index in [1.165, 1.54) is 6.39 Å². The average molecular weight is 354 g/mol. The van der Waals surface area contributed by atoms with Crippen LogP contribution in [-0.2, 0) is 4.79 Å². The summed E-state index contributed by atoms with van der Waals surface area (Å²) >= 11 is 0. The van der Waals surface area contributed by atoms with Crippen molar-refractivity contribution in [1.29, 1.82) is 0 Å². The summed E-state index contributed by atoms with van der Waals surface area (Å²) in [5.74, 6) is 0.992. The van der Waals surface area contributed by atoms with E-state index >= 15 is 0 Å². The SMILES string of the molecule is COc1cc(OC)cc(-c2ncoc2-c2ccc(NCC(=O)O)cc2)c1. The van der Waals surface area contributed by atoms with Gasteiger partial charge in [-0.05, 0) is 36.4 Å². The molecule has 0 aliphatic rings. The van der Waals surface area contributed by atoms with E-state index in [1.807, 2.05) is 24.3 Å². The highest BCUT2D eigenvalue weighted by molar-refractivity contribution is 5.79. The fourth-order valence-corrected chi connectivity index (χ4v) is 2.52. The second-order valence-corrected chi connectivity index (χ2v) is 5.46.